The Hall–Kier alpha value is -3.27. The summed E-state index contributed by atoms with van der Waals surface area (Å²) >= 11 is 0. The maximum Gasteiger partial charge on any atom is 0.271 e. The van der Waals surface area contributed by atoms with Crippen LogP contribution in [0.3, 0.4) is 0 Å². The minimum Gasteiger partial charge on any atom is -0.339 e. The molecule has 0 unspecified atom stereocenters. The fourth-order valence-corrected chi connectivity index (χ4v) is 4.07. The largest absolute Gasteiger partial charge is 0.339 e. The highest BCUT2D eigenvalue weighted by Gasteiger charge is 2.20. The molecule has 0 bridgehead atoms. The van der Waals surface area contributed by atoms with Gasteiger partial charge in [-0.25, -0.2) is 8.42 Å². The van der Waals surface area contributed by atoms with Crippen molar-refractivity contribution in [1.82, 2.24) is 4.90 Å². The molecule has 0 saturated carbocycles. The van der Waals surface area contributed by atoms with Gasteiger partial charge in [-0.3, -0.25) is 19.7 Å². The molecule has 0 aliphatic carbocycles. The van der Waals surface area contributed by atoms with Crippen molar-refractivity contribution in [3.05, 3.63) is 63.7 Å². The lowest BCUT2D eigenvalue weighted by molar-refractivity contribution is -0.385. The summed E-state index contributed by atoms with van der Waals surface area (Å²) in [6, 6.07) is 9.37. The highest BCUT2D eigenvalue weighted by atomic mass is 32.2. The first-order valence-corrected chi connectivity index (χ1v) is 11.7. The zero-order valence-corrected chi connectivity index (χ0v) is 17.9. The van der Waals surface area contributed by atoms with Crippen LogP contribution in [-0.2, 0) is 9.84 Å². The lowest BCUT2D eigenvalue weighted by Crippen LogP contribution is -2.31. The van der Waals surface area contributed by atoms with E-state index in [1.807, 2.05) is 4.90 Å². The van der Waals surface area contributed by atoms with Crippen LogP contribution in [0.15, 0.2) is 47.4 Å². The zero-order valence-electron chi connectivity index (χ0n) is 17.0. The Bertz CT molecular complexity index is 1100. The molecule has 1 aliphatic heterocycles. The molecule has 9 nitrogen and oxygen atoms in total. The monoisotopic (exact) mass is 445 g/mol. The summed E-state index contributed by atoms with van der Waals surface area (Å²) < 4.78 is 23.6. The average Bonchev–Trinajstić information content (AvgIpc) is 3.02. The van der Waals surface area contributed by atoms with E-state index in [-0.39, 0.29) is 16.4 Å². The van der Waals surface area contributed by atoms with E-state index in [2.05, 4.69) is 5.32 Å². The van der Waals surface area contributed by atoms with E-state index >= 15 is 0 Å². The normalized spacial score (nSPS) is 14.5. The number of amides is 2. The molecule has 31 heavy (non-hydrogen) atoms. The number of hydrogen-bond donors (Lipinski definition) is 1. The predicted octanol–water partition coefficient (Wildman–Crippen LogP) is 3.27. The minimum atomic E-state index is -3.74. The van der Waals surface area contributed by atoms with Crippen LogP contribution in [0.5, 0.6) is 0 Å². The Morgan fingerprint density at radius 2 is 1.58 bits per heavy atom. The number of carbonyl (C=O) groups is 2. The molecule has 1 heterocycles. The number of anilines is 1. The number of hydrogen-bond acceptors (Lipinski definition) is 6. The van der Waals surface area contributed by atoms with Crippen molar-refractivity contribution in [1.29, 1.82) is 0 Å². The van der Waals surface area contributed by atoms with Crippen LogP contribution in [0.4, 0.5) is 11.4 Å². The van der Waals surface area contributed by atoms with E-state index in [1.165, 1.54) is 0 Å². The Labute approximate surface area is 180 Å². The Morgan fingerprint density at radius 3 is 2.13 bits per heavy atom. The van der Waals surface area contributed by atoms with Gasteiger partial charge in [0, 0.05) is 48.3 Å². The molecule has 0 radical (unpaired) electrons. The second kappa shape index (κ2) is 9.25. The van der Waals surface area contributed by atoms with Crippen molar-refractivity contribution < 1.29 is 22.9 Å². The summed E-state index contributed by atoms with van der Waals surface area (Å²) in [4.78, 5) is 37.1. The van der Waals surface area contributed by atoms with Crippen molar-refractivity contribution in [2.45, 2.75) is 30.6 Å². The number of carbonyl (C=O) groups excluding carboxylic acids is 2. The van der Waals surface area contributed by atoms with Crippen molar-refractivity contribution >= 4 is 33.0 Å². The first-order chi connectivity index (χ1) is 14.6. The van der Waals surface area contributed by atoms with Crippen molar-refractivity contribution in [2.75, 3.05) is 24.7 Å². The highest BCUT2D eigenvalue weighted by molar-refractivity contribution is 7.90. The SMILES string of the molecule is CS(=O)(=O)c1cc(C(=O)Nc2ccc(C(=O)N3CCCCCC3)cc2)cc([N+](=O)[O-])c1. The molecule has 3 rings (SSSR count). The fourth-order valence-electron chi connectivity index (χ4n) is 3.39. The standard InChI is InChI=1S/C21H23N3O6S/c1-31(29,30)19-13-16(12-18(14-19)24(27)28)20(25)22-17-8-6-15(7-9-17)21(26)23-10-4-2-3-5-11-23/h6-9,12-14H,2-5,10-11H2,1H3,(H,22,25). The van der Waals surface area contributed by atoms with E-state index in [9.17, 15) is 28.1 Å². The van der Waals surface area contributed by atoms with Crippen LogP contribution in [0.1, 0.15) is 46.4 Å². The molecular formula is C21H23N3O6S. The zero-order chi connectivity index (χ0) is 22.6. The van der Waals surface area contributed by atoms with E-state index in [0.29, 0.717) is 11.3 Å². The maximum atomic E-state index is 12.7. The van der Waals surface area contributed by atoms with Gasteiger partial charge in [0.2, 0.25) is 0 Å². The number of rotatable bonds is 5. The van der Waals surface area contributed by atoms with Crippen molar-refractivity contribution in [2.24, 2.45) is 0 Å². The third-order valence-corrected chi connectivity index (χ3v) is 6.17. The fraction of sp³-hybridized carbons (Fsp3) is 0.333. The molecule has 0 spiro atoms. The average molecular weight is 445 g/mol. The summed E-state index contributed by atoms with van der Waals surface area (Å²) in [5, 5.41) is 13.7. The third kappa shape index (κ3) is 5.66. The Kier molecular flexibility index (Phi) is 6.69. The topological polar surface area (TPSA) is 127 Å². The van der Waals surface area contributed by atoms with Crippen LogP contribution in [0.2, 0.25) is 0 Å². The van der Waals surface area contributed by atoms with Crippen LogP contribution in [0, 0.1) is 10.1 Å². The first-order valence-electron chi connectivity index (χ1n) is 9.85. The number of sulfone groups is 1. The van der Waals surface area contributed by atoms with E-state index in [1.54, 1.807) is 24.3 Å². The van der Waals surface area contributed by atoms with E-state index < -0.39 is 26.4 Å². The lowest BCUT2D eigenvalue weighted by atomic mass is 10.1. The van der Waals surface area contributed by atoms with E-state index in [4.69, 9.17) is 0 Å². The van der Waals surface area contributed by atoms with Gasteiger partial charge in [0.25, 0.3) is 17.5 Å². The van der Waals surface area contributed by atoms with Gasteiger partial charge in [-0.15, -0.1) is 0 Å². The molecule has 1 saturated heterocycles. The third-order valence-electron chi connectivity index (χ3n) is 5.08. The number of nitro benzene ring substituents is 1. The number of nitrogens with zero attached hydrogens (tertiary/aromatic N) is 2. The quantitative estimate of drug-likeness (QED) is 0.556. The summed E-state index contributed by atoms with van der Waals surface area (Å²) in [6.45, 7) is 1.46. The number of benzene rings is 2. The Balaban J connectivity index is 1.77. The molecule has 1 fully saturated rings. The summed E-state index contributed by atoms with van der Waals surface area (Å²) in [5.74, 6) is -0.753. The van der Waals surface area contributed by atoms with Crippen molar-refractivity contribution in [3.8, 4) is 0 Å². The molecule has 1 N–H and O–H groups in total. The Morgan fingerprint density at radius 1 is 0.968 bits per heavy atom. The van der Waals surface area contributed by atoms with Gasteiger partial charge < -0.3 is 10.2 Å². The molecule has 164 valence electrons. The summed E-state index contributed by atoms with van der Waals surface area (Å²) in [5.41, 5.74) is 0.241. The molecule has 2 aromatic carbocycles. The molecular weight excluding hydrogens is 422 g/mol. The second-order valence-corrected chi connectivity index (χ2v) is 9.50. The molecule has 10 heteroatoms. The smallest absolute Gasteiger partial charge is 0.271 e. The van der Waals surface area contributed by atoms with Crippen LogP contribution < -0.4 is 5.32 Å². The molecule has 0 atom stereocenters. The van der Waals surface area contributed by atoms with Crippen LogP contribution in [-0.4, -0.2) is 49.4 Å². The summed E-state index contributed by atoms with van der Waals surface area (Å²) in [6.07, 6.45) is 5.12. The van der Waals surface area contributed by atoms with Gasteiger partial charge in [-0.2, -0.15) is 0 Å². The van der Waals surface area contributed by atoms with E-state index in [0.717, 1.165) is 63.2 Å². The first kappa shape index (κ1) is 22.4. The minimum absolute atomic E-state index is 0.0590. The van der Waals surface area contributed by atoms with Gasteiger partial charge in [0.1, 0.15) is 0 Å². The number of likely N-dealkylation sites (tertiary alicyclic amines) is 1. The molecule has 2 amide bonds. The molecule has 0 aromatic heterocycles. The van der Waals surface area contributed by atoms with Crippen LogP contribution >= 0.6 is 0 Å². The second-order valence-electron chi connectivity index (χ2n) is 7.48. The van der Waals surface area contributed by atoms with Gasteiger partial charge >= 0.3 is 0 Å². The van der Waals surface area contributed by atoms with Crippen molar-refractivity contribution in [3.63, 3.8) is 0 Å². The number of nitrogens with one attached hydrogen (secondary N) is 1. The number of nitro groups is 1. The summed E-state index contributed by atoms with van der Waals surface area (Å²) in [7, 11) is -3.74. The lowest BCUT2D eigenvalue weighted by Gasteiger charge is -2.20. The van der Waals surface area contributed by atoms with Gasteiger partial charge in [-0.05, 0) is 43.2 Å². The molecule has 1 aliphatic rings. The van der Waals surface area contributed by atoms with Gasteiger partial charge in [-0.1, -0.05) is 12.8 Å². The van der Waals surface area contributed by atoms with Crippen LogP contribution in [0.25, 0.3) is 0 Å². The van der Waals surface area contributed by atoms with Gasteiger partial charge in [0.05, 0.1) is 9.82 Å². The highest BCUT2D eigenvalue weighted by Crippen LogP contribution is 2.22. The molecule has 2 aromatic rings. The maximum absolute atomic E-state index is 12.7. The van der Waals surface area contributed by atoms with Gasteiger partial charge in [0.15, 0.2) is 9.84 Å². The number of non-ortho nitro benzene ring substituents is 1. The predicted molar refractivity (Wildman–Crippen MR) is 115 cm³/mol.